The Morgan fingerprint density at radius 1 is 1.23 bits per heavy atom. The summed E-state index contributed by atoms with van der Waals surface area (Å²) in [4.78, 5) is 14.1. The van der Waals surface area contributed by atoms with Gasteiger partial charge in [0.2, 0.25) is 0 Å². The third-order valence-corrected chi connectivity index (χ3v) is 4.53. The molecule has 1 aliphatic rings. The second-order valence-electron chi connectivity index (χ2n) is 5.94. The summed E-state index contributed by atoms with van der Waals surface area (Å²) >= 11 is 0. The predicted molar refractivity (Wildman–Crippen MR) is 83.7 cm³/mol. The molecule has 4 heteroatoms. The molecule has 1 aromatic heterocycles. The number of likely N-dealkylation sites (tertiary alicyclic amines) is 1. The largest absolute Gasteiger partial charge is 0.481 e. The van der Waals surface area contributed by atoms with Crippen LogP contribution in [0.25, 0.3) is 0 Å². The molecule has 2 heterocycles. The van der Waals surface area contributed by atoms with E-state index in [0.717, 1.165) is 30.0 Å². The molecule has 0 aliphatic carbocycles. The first-order valence-corrected chi connectivity index (χ1v) is 7.73. The van der Waals surface area contributed by atoms with Gasteiger partial charge in [-0.1, -0.05) is 37.3 Å². The van der Waals surface area contributed by atoms with Crippen LogP contribution in [0.5, 0.6) is 0 Å². The molecule has 4 nitrogen and oxygen atoms in total. The highest BCUT2D eigenvalue weighted by atomic mass is 16.4. The highest BCUT2D eigenvalue weighted by molar-refractivity contribution is 5.82. The normalized spacial score (nSPS) is 22.0. The Labute approximate surface area is 130 Å². The van der Waals surface area contributed by atoms with Gasteiger partial charge in [-0.3, -0.25) is 9.69 Å². The van der Waals surface area contributed by atoms with Gasteiger partial charge in [-0.05, 0) is 24.1 Å². The molecule has 0 saturated carbocycles. The molecule has 0 amide bonds. The minimum Gasteiger partial charge on any atom is -0.481 e. The number of benzene rings is 1. The van der Waals surface area contributed by atoms with E-state index < -0.39 is 11.4 Å². The molecular weight excluding hydrogens is 278 g/mol. The van der Waals surface area contributed by atoms with Crippen LogP contribution in [0.1, 0.15) is 30.4 Å². The predicted octanol–water partition coefficient (Wildman–Crippen LogP) is 3.07. The van der Waals surface area contributed by atoms with Gasteiger partial charge in [0.25, 0.3) is 0 Å². The number of carbonyl (C=O) groups is 1. The zero-order chi connectivity index (χ0) is 15.6. The molecular formula is C18H21NO3. The van der Waals surface area contributed by atoms with Crippen LogP contribution in [0, 0.1) is 0 Å². The lowest BCUT2D eigenvalue weighted by molar-refractivity contribution is -0.143. The van der Waals surface area contributed by atoms with Crippen molar-refractivity contribution in [2.45, 2.75) is 31.7 Å². The Balaban J connectivity index is 1.77. The van der Waals surface area contributed by atoms with E-state index in [0.29, 0.717) is 19.5 Å². The summed E-state index contributed by atoms with van der Waals surface area (Å²) in [6, 6.07) is 13.5. The highest BCUT2D eigenvalue weighted by Gasteiger charge is 2.46. The fraction of sp³-hybridized carbons (Fsp3) is 0.389. The van der Waals surface area contributed by atoms with E-state index in [1.54, 1.807) is 0 Å². The summed E-state index contributed by atoms with van der Waals surface area (Å²) in [5, 5.41) is 9.79. The van der Waals surface area contributed by atoms with Gasteiger partial charge in [0, 0.05) is 19.5 Å². The van der Waals surface area contributed by atoms with Crippen LogP contribution in [-0.2, 0) is 23.2 Å². The van der Waals surface area contributed by atoms with Gasteiger partial charge in [-0.25, -0.2) is 0 Å². The van der Waals surface area contributed by atoms with Crippen LogP contribution >= 0.6 is 0 Å². The number of hydrogen-bond donors (Lipinski definition) is 1. The van der Waals surface area contributed by atoms with Gasteiger partial charge in [0.1, 0.15) is 16.9 Å². The summed E-state index contributed by atoms with van der Waals surface area (Å²) in [5.74, 6) is 1.14. The first-order valence-electron chi connectivity index (χ1n) is 7.73. The van der Waals surface area contributed by atoms with E-state index in [-0.39, 0.29) is 0 Å². The molecule has 1 aliphatic heterocycles. The Bertz CT molecular complexity index is 649. The van der Waals surface area contributed by atoms with Crippen LogP contribution in [0.3, 0.4) is 0 Å². The first-order chi connectivity index (χ1) is 10.6. The average Bonchev–Trinajstić information content (AvgIpc) is 3.16. The molecule has 22 heavy (non-hydrogen) atoms. The Morgan fingerprint density at radius 2 is 1.95 bits per heavy atom. The summed E-state index contributed by atoms with van der Waals surface area (Å²) in [7, 11) is 0. The number of nitrogens with zero attached hydrogens (tertiary/aromatic N) is 1. The lowest BCUT2D eigenvalue weighted by Gasteiger charge is -2.25. The summed E-state index contributed by atoms with van der Waals surface area (Å²) in [6.45, 7) is 4.02. The molecule has 1 atom stereocenters. The van der Waals surface area contributed by atoms with Crippen molar-refractivity contribution in [3.8, 4) is 0 Å². The molecule has 0 bridgehead atoms. The third-order valence-electron chi connectivity index (χ3n) is 4.53. The van der Waals surface area contributed by atoms with E-state index in [2.05, 4.69) is 11.8 Å². The maximum atomic E-state index is 11.9. The molecule has 1 fully saturated rings. The molecule has 1 saturated heterocycles. The molecule has 1 aromatic carbocycles. The molecule has 1 N–H and O–H groups in total. The van der Waals surface area contributed by atoms with Crippen molar-refractivity contribution in [1.29, 1.82) is 0 Å². The van der Waals surface area contributed by atoms with Crippen molar-refractivity contribution < 1.29 is 14.3 Å². The zero-order valence-corrected chi connectivity index (χ0v) is 12.8. The van der Waals surface area contributed by atoms with E-state index in [1.165, 1.54) is 0 Å². The van der Waals surface area contributed by atoms with E-state index in [4.69, 9.17) is 4.42 Å². The average molecular weight is 299 g/mol. The highest BCUT2D eigenvalue weighted by Crippen LogP contribution is 2.35. The van der Waals surface area contributed by atoms with E-state index >= 15 is 0 Å². The van der Waals surface area contributed by atoms with Crippen LogP contribution in [0.2, 0.25) is 0 Å². The SMILES string of the molecule is CCc1ccc(CN2CCC(C(=O)O)(c3ccccc3)C2)o1. The minimum atomic E-state index is -0.804. The molecule has 116 valence electrons. The second-order valence-corrected chi connectivity index (χ2v) is 5.94. The summed E-state index contributed by atoms with van der Waals surface area (Å²) in [5.41, 5.74) is 0.0836. The third kappa shape index (κ3) is 2.66. The van der Waals surface area contributed by atoms with Crippen LogP contribution in [0.15, 0.2) is 46.9 Å². The summed E-state index contributed by atoms with van der Waals surface area (Å²) in [6.07, 6.45) is 1.51. The number of carboxylic acids is 1. The van der Waals surface area contributed by atoms with Crippen molar-refractivity contribution >= 4 is 5.97 Å². The quantitative estimate of drug-likeness (QED) is 0.922. The fourth-order valence-corrected chi connectivity index (χ4v) is 3.23. The maximum absolute atomic E-state index is 11.9. The van der Waals surface area contributed by atoms with Gasteiger partial charge in [-0.2, -0.15) is 0 Å². The molecule has 0 radical (unpaired) electrons. The van der Waals surface area contributed by atoms with Gasteiger partial charge in [-0.15, -0.1) is 0 Å². The summed E-state index contributed by atoms with van der Waals surface area (Å²) < 4.78 is 5.74. The lowest BCUT2D eigenvalue weighted by atomic mass is 9.80. The topological polar surface area (TPSA) is 53.7 Å². The maximum Gasteiger partial charge on any atom is 0.315 e. The van der Waals surface area contributed by atoms with Gasteiger partial charge in [0.05, 0.1) is 6.54 Å². The van der Waals surface area contributed by atoms with Gasteiger partial charge < -0.3 is 9.52 Å². The van der Waals surface area contributed by atoms with Crippen molar-refractivity contribution in [2.75, 3.05) is 13.1 Å². The van der Waals surface area contributed by atoms with E-state index in [1.807, 2.05) is 42.5 Å². The van der Waals surface area contributed by atoms with Gasteiger partial charge in [0.15, 0.2) is 0 Å². The standard InChI is InChI=1S/C18H21NO3/c1-2-15-8-9-16(22-15)12-19-11-10-18(13-19,17(20)21)14-6-4-3-5-7-14/h3-9H,2,10-13H2,1H3,(H,20,21). The monoisotopic (exact) mass is 299 g/mol. The van der Waals surface area contributed by atoms with Crippen molar-refractivity contribution in [3.63, 3.8) is 0 Å². The van der Waals surface area contributed by atoms with Crippen molar-refractivity contribution in [3.05, 3.63) is 59.5 Å². The number of rotatable bonds is 5. The Morgan fingerprint density at radius 3 is 2.59 bits per heavy atom. The molecule has 2 aromatic rings. The van der Waals surface area contributed by atoms with Crippen LogP contribution in [0.4, 0.5) is 0 Å². The Hall–Kier alpha value is -2.07. The molecule has 1 unspecified atom stereocenters. The lowest BCUT2D eigenvalue weighted by Crippen LogP contribution is -2.38. The van der Waals surface area contributed by atoms with Crippen LogP contribution in [-0.4, -0.2) is 29.1 Å². The Kier molecular flexibility index (Phi) is 4.03. The number of aliphatic carboxylic acids is 1. The second kappa shape index (κ2) is 5.97. The van der Waals surface area contributed by atoms with Crippen molar-refractivity contribution in [2.24, 2.45) is 0 Å². The van der Waals surface area contributed by atoms with Crippen LogP contribution < -0.4 is 0 Å². The zero-order valence-electron chi connectivity index (χ0n) is 12.8. The molecule has 0 spiro atoms. The number of hydrogen-bond acceptors (Lipinski definition) is 3. The minimum absolute atomic E-state index is 0.522. The molecule has 3 rings (SSSR count). The van der Waals surface area contributed by atoms with Crippen molar-refractivity contribution in [1.82, 2.24) is 4.90 Å². The number of carboxylic acid groups (broad SMARTS) is 1. The number of aryl methyl sites for hydroxylation is 1. The fourth-order valence-electron chi connectivity index (χ4n) is 3.23. The van der Waals surface area contributed by atoms with E-state index in [9.17, 15) is 9.90 Å². The van der Waals surface area contributed by atoms with Gasteiger partial charge >= 0.3 is 5.97 Å². The smallest absolute Gasteiger partial charge is 0.315 e. The number of furan rings is 1. The first kappa shape index (κ1) is 14.9.